The number of nitrogens with one attached hydrogen (secondary N) is 1. The number of pyridine rings is 1. The van der Waals surface area contributed by atoms with Crippen LogP contribution in [0.2, 0.25) is 0 Å². The lowest BCUT2D eigenvalue weighted by atomic mass is 10.1. The van der Waals surface area contributed by atoms with E-state index in [1.807, 2.05) is 23.1 Å². The second-order valence-electron chi connectivity index (χ2n) is 10.2. The second kappa shape index (κ2) is 11.8. The summed E-state index contributed by atoms with van der Waals surface area (Å²) in [6.45, 7) is 1.11. The molecule has 232 valence electrons. The minimum Gasteiger partial charge on any atom is -0.353 e. The van der Waals surface area contributed by atoms with Crippen LogP contribution in [0.1, 0.15) is 0 Å². The van der Waals surface area contributed by atoms with E-state index in [-0.39, 0.29) is 27.8 Å². The van der Waals surface area contributed by atoms with Crippen molar-refractivity contribution in [2.75, 3.05) is 35.8 Å². The van der Waals surface area contributed by atoms with Gasteiger partial charge >= 0.3 is 0 Å². The maximum Gasteiger partial charge on any atom is 0.261 e. The summed E-state index contributed by atoms with van der Waals surface area (Å²) in [4.78, 5) is 15.4. The van der Waals surface area contributed by atoms with E-state index in [1.54, 1.807) is 36.7 Å². The van der Waals surface area contributed by atoms with Crippen LogP contribution in [0.25, 0.3) is 22.2 Å². The number of rotatable bonds is 8. The Kier molecular flexibility index (Phi) is 8.00. The average molecular weight is 666 g/mol. The van der Waals surface area contributed by atoms with Gasteiger partial charge in [-0.3, -0.25) is 14.7 Å². The van der Waals surface area contributed by atoms with Crippen molar-refractivity contribution in [3.05, 3.63) is 97.5 Å². The van der Waals surface area contributed by atoms with Gasteiger partial charge in [0.1, 0.15) is 5.82 Å². The molecule has 3 N–H and O–H groups in total. The molecule has 0 saturated carbocycles. The third kappa shape index (κ3) is 6.50. The van der Waals surface area contributed by atoms with E-state index in [9.17, 15) is 25.3 Å². The number of piperazine rings is 1. The van der Waals surface area contributed by atoms with E-state index in [0.29, 0.717) is 41.2 Å². The molecule has 1 saturated heterocycles. The number of fused-ring (bicyclic) bond motifs is 1. The number of primary sulfonamides is 1. The average Bonchev–Trinajstić information content (AvgIpc) is 3.04. The Morgan fingerprint density at radius 3 is 2.04 bits per heavy atom. The lowest BCUT2D eigenvalue weighted by Crippen LogP contribution is -2.48. The number of aromatic nitrogens is 3. The van der Waals surface area contributed by atoms with Gasteiger partial charge in [-0.25, -0.2) is 35.4 Å². The van der Waals surface area contributed by atoms with Gasteiger partial charge in [0, 0.05) is 37.9 Å². The summed E-state index contributed by atoms with van der Waals surface area (Å²) < 4.78 is 78.8. The monoisotopic (exact) mass is 665 g/mol. The van der Waals surface area contributed by atoms with Crippen molar-refractivity contribution in [2.24, 2.45) is 5.14 Å². The third-order valence-corrected chi connectivity index (χ3v) is 11.5. The van der Waals surface area contributed by atoms with E-state index >= 15 is 0 Å². The van der Waals surface area contributed by atoms with E-state index in [1.165, 1.54) is 46.9 Å². The molecule has 1 aliphatic rings. The first-order valence-electron chi connectivity index (χ1n) is 13.6. The number of benzene rings is 3. The molecule has 0 amide bonds. The molecule has 16 heteroatoms. The summed E-state index contributed by atoms with van der Waals surface area (Å²) in [6.07, 6.45) is 4.70. The Morgan fingerprint density at radius 1 is 0.667 bits per heavy atom. The highest BCUT2D eigenvalue weighted by molar-refractivity contribution is 7.92. The first-order valence-corrected chi connectivity index (χ1v) is 18.1. The smallest absolute Gasteiger partial charge is 0.261 e. The van der Waals surface area contributed by atoms with E-state index in [4.69, 9.17) is 10.1 Å². The molecule has 1 fully saturated rings. The van der Waals surface area contributed by atoms with Gasteiger partial charge in [-0.2, -0.15) is 4.31 Å². The summed E-state index contributed by atoms with van der Waals surface area (Å²) >= 11 is 0. The van der Waals surface area contributed by atoms with E-state index in [2.05, 4.69) is 14.7 Å². The molecule has 1 aliphatic heterocycles. The molecule has 3 aromatic carbocycles. The van der Waals surface area contributed by atoms with Gasteiger partial charge in [-0.15, -0.1) is 0 Å². The van der Waals surface area contributed by atoms with Gasteiger partial charge in [0.15, 0.2) is 0 Å². The van der Waals surface area contributed by atoms with Gasteiger partial charge in [0.2, 0.25) is 20.0 Å². The lowest BCUT2D eigenvalue weighted by Gasteiger charge is -2.34. The standard InChI is InChI=1S/C29H27N7O6S3/c30-43(37,38)24-7-9-26(10-8-24)45(41,42)36-14-12-35(13-15-36)29-20-32-27-11-6-21(17-28(27)33-29)22-16-23(19-31-18-22)34-44(39,40)25-4-2-1-3-5-25/h1-11,16-20,34H,12-15H2,(H2,30,37,38). The fraction of sp³-hybridized carbons (Fsp3) is 0.138. The molecule has 0 unspecified atom stereocenters. The topological polar surface area (TPSA) is 186 Å². The molecule has 45 heavy (non-hydrogen) atoms. The summed E-state index contributed by atoms with van der Waals surface area (Å²) in [5.41, 5.74) is 3.00. The van der Waals surface area contributed by atoms with Crippen LogP contribution in [0.15, 0.2) is 112 Å². The van der Waals surface area contributed by atoms with Gasteiger partial charge in [-0.1, -0.05) is 24.3 Å². The quantitative estimate of drug-likeness (QED) is 0.250. The Balaban J connectivity index is 1.18. The normalized spacial score (nSPS) is 14.8. The molecule has 0 aliphatic carbocycles. The number of hydrogen-bond donors (Lipinski definition) is 2. The predicted molar refractivity (Wildman–Crippen MR) is 169 cm³/mol. The van der Waals surface area contributed by atoms with Crippen molar-refractivity contribution in [1.82, 2.24) is 19.3 Å². The summed E-state index contributed by atoms with van der Waals surface area (Å²) in [7, 11) is -11.6. The van der Waals surface area contributed by atoms with Gasteiger partial charge in [-0.05, 0) is 60.2 Å². The lowest BCUT2D eigenvalue weighted by molar-refractivity contribution is 0.384. The number of hydrogen-bond acceptors (Lipinski definition) is 10. The Hall–Kier alpha value is -4.48. The van der Waals surface area contributed by atoms with Gasteiger partial charge < -0.3 is 4.90 Å². The Morgan fingerprint density at radius 2 is 1.36 bits per heavy atom. The van der Waals surface area contributed by atoms with E-state index < -0.39 is 30.1 Å². The molecule has 2 aromatic heterocycles. The van der Waals surface area contributed by atoms with Crippen LogP contribution < -0.4 is 14.8 Å². The molecule has 6 rings (SSSR count). The zero-order valence-electron chi connectivity index (χ0n) is 23.6. The summed E-state index contributed by atoms with van der Waals surface area (Å²) in [5.74, 6) is 0.580. The summed E-state index contributed by atoms with van der Waals surface area (Å²) in [5, 5.41) is 5.12. The first-order chi connectivity index (χ1) is 21.4. The maximum absolute atomic E-state index is 13.2. The first kappa shape index (κ1) is 30.5. The molecular weight excluding hydrogens is 639 g/mol. The van der Waals surface area contributed by atoms with Crippen LogP contribution >= 0.6 is 0 Å². The van der Waals surface area contributed by atoms with Crippen molar-refractivity contribution < 1.29 is 25.3 Å². The van der Waals surface area contributed by atoms with Crippen LogP contribution in [0.3, 0.4) is 0 Å². The predicted octanol–water partition coefficient (Wildman–Crippen LogP) is 2.65. The SMILES string of the molecule is NS(=O)(=O)c1ccc(S(=O)(=O)N2CCN(c3cnc4ccc(-c5cncc(NS(=O)(=O)c6ccccc6)c5)cc4n3)CC2)cc1. The van der Waals surface area contributed by atoms with Crippen LogP contribution in [0.5, 0.6) is 0 Å². The van der Waals surface area contributed by atoms with Crippen molar-refractivity contribution in [3.63, 3.8) is 0 Å². The number of nitrogens with zero attached hydrogens (tertiary/aromatic N) is 5. The highest BCUT2D eigenvalue weighted by Gasteiger charge is 2.29. The maximum atomic E-state index is 13.2. The molecule has 5 aromatic rings. The molecule has 0 atom stereocenters. The second-order valence-corrected chi connectivity index (χ2v) is 15.4. The molecule has 0 radical (unpaired) electrons. The fourth-order valence-corrected chi connectivity index (χ4v) is 7.90. The largest absolute Gasteiger partial charge is 0.353 e. The van der Waals surface area contributed by atoms with Gasteiger partial charge in [0.05, 0.1) is 43.8 Å². The molecule has 0 spiro atoms. The van der Waals surface area contributed by atoms with Crippen LogP contribution in [0.4, 0.5) is 11.5 Å². The Bertz CT molecular complexity index is 2210. The van der Waals surface area contributed by atoms with Crippen molar-refractivity contribution in [2.45, 2.75) is 14.7 Å². The van der Waals surface area contributed by atoms with Crippen molar-refractivity contribution in [1.29, 1.82) is 0 Å². The van der Waals surface area contributed by atoms with Crippen LogP contribution in [0, 0.1) is 0 Å². The zero-order valence-corrected chi connectivity index (χ0v) is 26.0. The van der Waals surface area contributed by atoms with Crippen molar-refractivity contribution in [3.8, 4) is 11.1 Å². The highest BCUT2D eigenvalue weighted by Crippen LogP contribution is 2.27. The van der Waals surface area contributed by atoms with Crippen LogP contribution in [-0.2, 0) is 30.1 Å². The van der Waals surface area contributed by atoms with Crippen molar-refractivity contribution >= 4 is 52.6 Å². The van der Waals surface area contributed by atoms with Gasteiger partial charge in [0.25, 0.3) is 10.0 Å². The minimum absolute atomic E-state index is 0.0206. The number of sulfonamides is 3. The number of anilines is 2. The van der Waals surface area contributed by atoms with E-state index in [0.717, 1.165) is 5.56 Å². The fourth-order valence-electron chi connectivity index (χ4n) is 4.91. The summed E-state index contributed by atoms with van der Waals surface area (Å²) in [6, 6.07) is 20.1. The van der Waals surface area contributed by atoms with Crippen LogP contribution in [-0.4, -0.2) is 70.7 Å². The highest BCUT2D eigenvalue weighted by atomic mass is 32.2. The Labute approximate surface area is 260 Å². The molecule has 0 bridgehead atoms. The number of nitrogens with two attached hydrogens (primary N) is 1. The minimum atomic E-state index is -3.94. The molecular formula is C29H27N7O6S3. The third-order valence-electron chi connectivity index (χ3n) is 7.26. The zero-order chi connectivity index (χ0) is 31.8. The molecule has 3 heterocycles. The molecule has 13 nitrogen and oxygen atoms in total.